The van der Waals surface area contributed by atoms with Crippen molar-refractivity contribution < 1.29 is 19.0 Å². The molecule has 1 amide bonds. The normalized spacial score (nSPS) is 16.1. The topological polar surface area (TPSA) is 68.8 Å². The zero-order chi connectivity index (χ0) is 18.8. The van der Waals surface area contributed by atoms with Crippen LogP contribution in [0.25, 0.3) is 0 Å². The summed E-state index contributed by atoms with van der Waals surface area (Å²) < 4.78 is 16.1. The summed E-state index contributed by atoms with van der Waals surface area (Å²) >= 11 is 0. The molecule has 2 rings (SSSR count). The number of nitrogens with one attached hydrogen (secondary N) is 2. The van der Waals surface area contributed by atoms with Crippen LogP contribution in [0.15, 0.2) is 18.2 Å². The highest BCUT2D eigenvalue weighted by atomic mass is 16.5. The molecule has 1 aliphatic heterocycles. The molecule has 6 nitrogen and oxygen atoms in total. The highest BCUT2D eigenvalue weighted by molar-refractivity contribution is 5.76. The molecular weight excluding hydrogens is 332 g/mol. The van der Waals surface area contributed by atoms with Gasteiger partial charge in [-0.15, -0.1) is 0 Å². The number of carbonyl (C=O) groups excluding carboxylic acids is 1. The summed E-state index contributed by atoms with van der Waals surface area (Å²) in [6.45, 7) is 5.12. The molecule has 0 aromatic heterocycles. The van der Waals surface area contributed by atoms with Crippen molar-refractivity contribution in [1.82, 2.24) is 10.6 Å². The fraction of sp³-hybridized carbons (Fsp3) is 0.650. The van der Waals surface area contributed by atoms with Crippen LogP contribution in [0.5, 0.6) is 11.5 Å². The van der Waals surface area contributed by atoms with Gasteiger partial charge in [0, 0.05) is 13.5 Å². The maximum absolute atomic E-state index is 12.3. The smallest absolute Gasteiger partial charge is 0.220 e. The number of hydrogen-bond donors (Lipinski definition) is 2. The Morgan fingerprint density at radius 1 is 1.23 bits per heavy atom. The molecule has 1 atom stereocenters. The first-order valence-corrected chi connectivity index (χ1v) is 9.43. The predicted molar refractivity (Wildman–Crippen MR) is 102 cm³/mol. The first-order chi connectivity index (χ1) is 12.6. The third-order valence-electron chi connectivity index (χ3n) is 4.85. The molecule has 0 aliphatic carbocycles. The highest BCUT2D eigenvalue weighted by Gasteiger charge is 2.16. The Kier molecular flexibility index (Phi) is 8.71. The molecule has 26 heavy (non-hydrogen) atoms. The second kappa shape index (κ2) is 11.0. The SMILES string of the molecule is COCCOc1ccc(C(C)NC(=O)CCC2CCNCC2)cc1OC. The van der Waals surface area contributed by atoms with E-state index in [9.17, 15) is 4.79 Å². The van der Waals surface area contributed by atoms with E-state index in [0.29, 0.717) is 37.1 Å². The van der Waals surface area contributed by atoms with Gasteiger partial charge in [0.25, 0.3) is 0 Å². The molecule has 2 N–H and O–H groups in total. The van der Waals surface area contributed by atoms with Crippen molar-refractivity contribution in [2.75, 3.05) is 40.5 Å². The fourth-order valence-electron chi connectivity index (χ4n) is 3.21. The van der Waals surface area contributed by atoms with Gasteiger partial charge < -0.3 is 24.8 Å². The van der Waals surface area contributed by atoms with Crippen molar-refractivity contribution in [2.24, 2.45) is 5.92 Å². The van der Waals surface area contributed by atoms with Gasteiger partial charge in [0.15, 0.2) is 11.5 Å². The van der Waals surface area contributed by atoms with E-state index < -0.39 is 0 Å². The summed E-state index contributed by atoms with van der Waals surface area (Å²) in [5.74, 6) is 2.11. The van der Waals surface area contributed by atoms with Crippen molar-refractivity contribution in [3.8, 4) is 11.5 Å². The van der Waals surface area contributed by atoms with Gasteiger partial charge >= 0.3 is 0 Å². The van der Waals surface area contributed by atoms with Crippen LogP contribution in [0.1, 0.15) is 44.2 Å². The molecule has 0 radical (unpaired) electrons. The number of carbonyl (C=O) groups is 1. The second-order valence-corrected chi connectivity index (χ2v) is 6.77. The minimum absolute atomic E-state index is 0.0718. The van der Waals surface area contributed by atoms with Crippen LogP contribution in [0, 0.1) is 5.92 Å². The van der Waals surface area contributed by atoms with Gasteiger partial charge in [-0.2, -0.15) is 0 Å². The molecule has 0 saturated carbocycles. The third kappa shape index (κ3) is 6.50. The van der Waals surface area contributed by atoms with Crippen LogP contribution in [-0.2, 0) is 9.53 Å². The first kappa shape index (κ1) is 20.5. The Morgan fingerprint density at radius 2 is 2.00 bits per heavy atom. The standard InChI is InChI=1S/C20H32N2O4/c1-15(22-20(23)7-4-16-8-10-21-11-9-16)17-5-6-18(19(14-17)25-3)26-13-12-24-2/h5-6,14-16,21H,4,7-13H2,1-3H3,(H,22,23). The number of benzene rings is 1. The Labute approximate surface area is 156 Å². The van der Waals surface area contributed by atoms with Crippen LogP contribution in [0.2, 0.25) is 0 Å². The zero-order valence-electron chi connectivity index (χ0n) is 16.2. The Hall–Kier alpha value is -1.79. The van der Waals surface area contributed by atoms with Crippen LogP contribution < -0.4 is 20.1 Å². The molecule has 0 spiro atoms. The lowest BCUT2D eigenvalue weighted by Crippen LogP contribution is -2.30. The summed E-state index contributed by atoms with van der Waals surface area (Å²) in [4.78, 5) is 12.3. The molecule has 1 saturated heterocycles. The van der Waals surface area contributed by atoms with Gasteiger partial charge in [0.05, 0.1) is 19.8 Å². The molecule has 1 aliphatic rings. The highest BCUT2D eigenvalue weighted by Crippen LogP contribution is 2.30. The summed E-state index contributed by atoms with van der Waals surface area (Å²) in [7, 11) is 3.25. The zero-order valence-corrected chi connectivity index (χ0v) is 16.2. The van der Waals surface area contributed by atoms with Crippen molar-refractivity contribution in [1.29, 1.82) is 0 Å². The number of ether oxygens (including phenoxy) is 3. The van der Waals surface area contributed by atoms with Gasteiger partial charge in [-0.3, -0.25) is 4.79 Å². The lowest BCUT2D eigenvalue weighted by molar-refractivity contribution is -0.122. The van der Waals surface area contributed by atoms with E-state index in [2.05, 4.69) is 10.6 Å². The lowest BCUT2D eigenvalue weighted by atomic mass is 9.93. The second-order valence-electron chi connectivity index (χ2n) is 6.77. The number of hydrogen-bond acceptors (Lipinski definition) is 5. The minimum atomic E-state index is -0.0718. The molecule has 1 fully saturated rings. The fourth-order valence-corrected chi connectivity index (χ4v) is 3.21. The van der Waals surface area contributed by atoms with Gasteiger partial charge in [0.2, 0.25) is 5.91 Å². The molecule has 1 aromatic rings. The van der Waals surface area contributed by atoms with E-state index in [1.165, 1.54) is 12.8 Å². The van der Waals surface area contributed by atoms with Gasteiger partial charge in [0.1, 0.15) is 6.61 Å². The molecule has 1 unspecified atom stereocenters. The van der Waals surface area contributed by atoms with Gasteiger partial charge in [-0.25, -0.2) is 0 Å². The summed E-state index contributed by atoms with van der Waals surface area (Å²) in [5.41, 5.74) is 0.996. The maximum atomic E-state index is 12.3. The molecule has 1 heterocycles. The monoisotopic (exact) mass is 364 g/mol. The number of rotatable bonds is 10. The van der Waals surface area contributed by atoms with Crippen molar-refractivity contribution >= 4 is 5.91 Å². The third-order valence-corrected chi connectivity index (χ3v) is 4.85. The van der Waals surface area contributed by atoms with Crippen LogP contribution in [0.4, 0.5) is 0 Å². The summed E-state index contributed by atoms with van der Waals surface area (Å²) in [5, 5.41) is 6.45. The number of amides is 1. The van der Waals surface area contributed by atoms with Gasteiger partial charge in [-0.1, -0.05) is 6.07 Å². The lowest BCUT2D eigenvalue weighted by Gasteiger charge is -2.22. The predicted octanol–water partition coefficient (Wildman–Crippen LogP) is 2.68. The van der Waals surface area contributed by atoms with Crippen LogP contribution >= 0.6 is 0 Å². The van der Waals surface area contributed by atoms with E-state index in [4.69, 9.17) is 14.2 Å². The Morgan fingerprint density at radius 3 is 2.69 bits per heavy atom. The molecule has 146 valence electrons. The van der Waals surface area contributed by atoms with Gasteiger partial charge in [-0.05, 0) is 62.9 Å². The maximum Gasteiger partial charge on any atom is 0.220 e. The number of methoxy groups -OCH3 is 2. The van der Waals surface area contributed by atoms with Crippen molar-refractivity contribution in [2.45, 2.75) is 38.6 Å². The molecule has 6 heteroatoms. The van der Waals surface area contributed by atoms with E-state index in [-0.39, 0.29) is 11.9 Å². The Bertz CT molecular complexity index is 559. The van der Waals surface area contributed by atoms with Crippen LogP contribution in [-0.4, -0.2) is 46.4 Å². The van der Waals surface area contributed by atoms with E-state index in [0.717, 1.165) is 25.1 Å². The average Bonchev–Trinajstić information content (AvgIpc) is 2.67. The Balaban J connectivity index is 1.85. The van der Waals surface area contributed by atoms with E-state index in [1.54, 1.807) is 14.2 Å². The minimum Gasteiger partial charge on any atom is -0.493 e. The molecule has 1 aromatic carbocycles. The average molecular weight is 364 g/mol. The first-order valence-electron chi connectivity index (χ1n) is 9.43. The summed E-state index contributed by atoms with van der Waals surface area (Å²) in [6, 6.07) is 5.68. The van der Waals surface area contributed by atoms with Crippen molar-refractivity contribution in [3.05, 3.63) is 23.8 Å². The number of piperidine rings is 1. The molecular formula is C20H32N2O4. The quantitative estimate of drug-likeness (QED) is 0.625. The van der Waals surface area contributed by atoms with E-state index >= 15 is 0 Å². The van der Waals surface area contributed by atoms with E-state index in [1.807, 2.05) is 25.1 Å². The largest absolute Gasteiger partial charge is 0.493 e. The van der Waals surface area contributed by atoms with Crippen molar-refractivity contribution in [3.63, 3.8) is 0 Å². The summed E-state index contributed by atoms with van der Waals surface area (Å²) in [6.07, 6.45) is 3.90. The van der Waals surface area contributed by atoms with Crippen LogP contribution in [0.3, 0.4) is 0 Å². The molecule has 0 bridgehead atoms.